The van der Waals surface area contributed by atoms with Crippen molar-refractivity contribution in [3.05, 3.63) is 63.1 Å². The van der Waals surface area contributed by atoms with Crippen molar-refractivity contribution >= 4 is 40.8 Å². The molecule has 2 aromatic carbocycles. The zero-order chi connectivity index (χ0) is 21.7. The molecule has 1 heterocycles. The van der Waals surface area contributed by atoms with Crippen LogP contribution in [0.4, 0.5) is 5.69 Å². The maximum absolute atomic E-state index is 12.7. The number of benzene rings is 2. The highest BCUT2D eigenvalue weighted by molar-refractivity contribution is 6.35. The van der Waals surface area contributed by atoms with E-state index >= 15 is 0 Å². The van der Waals surface area contributed by atoms with E-state index in [1.54, 1.807) is 12.1 Å². The summed E-state index contributed by atoms with van der Waals surface area (Å²) in [5.41, 5.74) is 8.39. The van der Waals surface area contributed by atoms with Crippen LogP contribution in [0.5, 0.6) is 0 Å². The van der Waals surface area contributed by atoms with Crippen molar-refractivity contribution in [1.29, 1.82) is 0 Å². The number of halogens is 2. The SMILES string of the molecule is NCC#CCc1ccc(CC(=O)N[C@H]2C[C@H](C(=O)O)Nc3cc(Cl)cc(Cl)c32)cc1. The van der Waals surface area contributed by atoms with Crippen molar-refractivity contribution in [3.63, 3.8) is 0 Å². The van der Waals surface area contributed by atoms with Gasteiger partial charge in [0.05, 0.1) is 19.0 Å². The van der Waals surface area contributed by atoms with E-state index in [0.29, 0.717) is 34.3 Å². The Bertz CT molecular complexity index is 1010. The summed E-state index contributed by atoms with van der Waals surface area (Å²) in [6, 6.07) is 9.40. The number of carbonyl (C=O) groups excluding carboxylic acids is 1. The van der Waals surface area contributed by atoms with Crippen LogP contribution in [0.15, 0.2) is 36.4 Å². The van der Waals surface area contributed by atoms with Gasteiger partial charge in [-0.05, 0) is 23.3 Å². The van der Waals surface area contributed by atoms with E-state index in [1.165, 1.54) is 0 Å². The molecular formula is C22H21Cl2N3O3. The lowest BCUT2D eigenvalue weighted by Gasteiger charge is -2.32. The highest BCUT2D eigenvalue weighted by Crippen LogP contribution is 2.39. The predicted octanol–water partition coefficient (Wildman–Crippen LogP) is 3.17. The molecule has 2 atom stereocenters. The van der Waals surface area contributed by atoms with E-state index < -0.39 is 18.1 Å². The third kappa shape index (κ3) is 5.45. The quantitative estimate of drug-likeness (QED) is 0.529. The summed E-state index contributed by atoms with van der Waals surface area (Å²) < 4.78 is 0. The van der Waals surface area contributed by atoms with Gasteiger partial charge >= 0.3 is 5.97 Å². The Kier molecular flexibility index (Phi) is 7.22. The van der Waals surface area contributed by atoms with E-state index in [0.717, 1.165) is 11.1 Å². The molecule has 6 nitrogen and oxygen atoms in total. The zero-order valence-corrected chi connectivity index (χ0v) is 17.6. The van der Waals surface area contributed by atoms with Crippen LogP contribution in [0.2, 0.25) is 10.0 Å². The van der Waals surface area contributed by atoms with Crippen molar-refractivity contribution in [3.8, 4) is 11.8 Å². The summed E-state index contributed by atoms with van der Waals surface area (Å²) in [5.74, 6) is 4.55. The monoisotopic (exact) mass is 445 g/mol. The van der Waals surface area contributed by atoms with Crippen LogP contribution >= 0.6 is 23.2 Å². The molecule has 0 spiro atoms. The van der Waals surface area contributed by atoms with Crippen LogP contribution in [-0.2, 0) is 22.4 Å². The molecule has 0 aromatic heterocycles. The normalized spacial score (nSPS) is 17.2. The number of aliphatic carboxylic acids is 1. The largest absolute Gasteiger partial charge is 0.480 e. The van der Waals surface area contributed by atoms with E-state index in [4.69, 9.17) is 28.9 Å². The third-order valence-electron chi connectivity index (χ3n) is 4.78. The average Bonchev–Trinajstić information content (AvgIpc) is 2.68. The van der Waals surface area contributed by atoms with Gasteiger partial charge in [0.1, 0.15) is 6.04 Å². The molecule has 0 saturated heterocycles. The van der Waals surface area contributed by atoms with Crippen LogP contribution in [-0.4, -0.2) is 29.6 Å². The molecule has 1 aliphatic rings. The van der Waals surface area contributed by atoms with E-state index in [9.17, 15) is 14.7 Å². The molecule has 5 N–H and O–H groups in total. The number of fused-ring (bicyclic) bond motifs is 1. The maximum atomic E-state index is 12.7. The number of anilines is 1. The molecule has 2 aromatic rings. The van der Waals surface area contributed by atoms with Crippen molar-refractivity contribution in [2.75, 3.05) is 11.9 Å². The lowest BCUT2D eigenvalue weighted by atomic mass is 9.92. The van der Waals surface area contributed by atoms with Gasteiger partial charge in [-0.15, -0.1) is 0 Å². The van der Waals surface area contributed by atoms with Gasteiger partial charge in [0.25, 0.3) is 0 Å². The molecule has 0 unspecified atom stereocenters. The summed E-state index contributed by atoms with van der Waals surface area (Å²) in [6.07, 6.45) is 0.943. The first kappa shape index (κ1) is 22.0. The first-order valence-electron chi connectivity index (χ1n) is 9.38. The lowest BCUT2D eigenvalue weighted by Crippen LogP contribution is -2.41. The molecule has 3 rings (SSSR count). The van der Waals surface area contributed by atoms with E-state index in [-0.39, 0.29) is 18.7 Å². The van der Waals surface area contributed by atoms with Crippen molar-refractivity contribution < 1.29 is 14.7 Å². The van der Waals surface area contributed by atoms with Gasteiger partial charge in [0.2, 0.25) is 5.91 Å². The summed E-state index contributed by atoms with van der Waals surface area (Å²) in [6.45, 7) is 0.330. The number of carbonyl (C=O) groups is 2. The predicted molar refractivity (Wildman–Crippen MR) is 118 cm³/mol. The minimum Gasteiger partial charge on any atom is -0.480 e. The molecule has 8 heteroatoms. The summed E-state index contributed by atoms with van der Waals surface area (Å²) in [7, 11) is 0. The van der Waals surface area contributed by atoms with Crippen molar-refractivity contribution in [2.45, 2.75) is 31.3 Å². The summed E-state index contributed by atoms with van der Waals surface area (Å²) >= 11 is 12.4. The number of rotatable bonds is 5. The third-order valence-corrected chi connectivity index (χ3v) is 5.32. The minimum atomic E-state index is -1.01. The van der Waals surface area contributed by atoms with Gasteiger partial charge in [-0.2, -0.15) is 0 Å². The van der Waals surface area contributed by atoms with Crippen molar-refractivity contribution in [1.82, 2.24) is 5.32 Å². The van der Waals surface area contributed by atoms with E-state index in [2.05, 4.69) is 22.5 Å². The Morgan fingerprint density at radius 1 is 1.17 bits per heavy atom. The second-order valence-electron chi connectivity index (χ2n) is 6.97. The van der Waals surface area contributed by atoms with Crippen LogP contribution in [0.25, 0.3) is 0 Å². The van der Waals surface area contributed by atoms with Gasteiger partial charge in [-0.1, -0.05) is 59.3 Å². The van der Waals surface area contributed by atoms with Crippen molar-refractivity contribution in [2.24, 2.45) is 5.73 Å². The molecule has 0 aliphatic carbocycles. The van der Waals surface area contributed by atoms with E-state index in [1.807, 2.05) is 24.3 Å². The van der Waals surface area contributed by atoms with Crippen LogP contribution in [0.1, 0.15) is 29.2 Å². The first-order valence-corrected chi connectivity index (χ1v) is 10.1. The van der Waals surface area contributed by atoms with Gasteiger partial charge in [-0.3, -0.25) is 4.79 Å². The van der Waals surface area contributed by atoms with Crippen LogP contribution in [0.3, 0.4) is 0 Å². The molecule has 0 saturated carbocycles. The minimum absolute atomic E-state index is 0.164. The molecule has 30 heavy (non-hydrogen) atoms. The fraction of sp³-hybridized carbons (Fsp3) is 0.273. The Labute approximate surface area is 184 Å². The Morgan fingerprint density at radius 3 is 2.53 bits per heavy atom. The molecule has 1 aliphatic heterocycles. The van der Waals surface area contributed by atoms with Gasteiger partial charge in [0.15, 0.2) is 0 Å². The average molecular weight is 446 g/mol. The zero-order valence-electron chi connectivity index (χ0n) is 16.0. The fourth-order valence-electron chi connectivity index (χ4n) is 3.39. The summed E-state index contributed by atoms with van der Waals surface area (Å²) in [4.78, 5) is 24.2. The Hall–Kier alpha value is -2.72. The standard InChI is InChI=1S/C22H21Cl2N3O3/c23-15-10-16(24)21-17(11-15)26-19(22(29)30)12-18(21)27-20(28)9-14-6-4-13(5-7-14)3-1-2-8-25/h4-7,10-11,18-19,26H,3,8-9,12,25H2,(H,27,28)(H,29,30)/t18-,19+/m0/s1. The van der Waals surface area contributed by atoms with Gasteiger partial charge in [0, 0.05) is 34.1 Å². The molecule has 156 valence electrons. The molecule has 0 radical (unpaired) electrons. The maximum Gasteiger partial charge on any atom is 0.326 e. The smallest absolute Gasteiger partial charge is 0.326 e. The number of hydrogen-bond donors (Lipinski definition) is 4. The number of nitrogens with one attached hydrogen (secondary N) is 2. The number of hydrogen-bond acceptors (Lipinski definition) is 4. The molecule has 0 bridgehead atoms. The number of carboxylic acids is 1. The number of amides is 1. The Balaban J connectivity index is 1.72. The topological polar surface area (TPSA) is 104 Å². The lowest BCUT2D eigenvalue weighted by molar-refractivity contribution is -0.138. The van der Waals surface area contributed by atoms with Crippen LogP contribution in [0, 0.1) is 11.8 Å². The highest BCUT2D eigenvalue weighted by Gasteiger charge is 2.33. The highest BCUT2D eigenvalue weighted by atomic mass is 35.5. The summed E-state index contributed by atoms with van der Waals surface area (Å²) in [5, 5.41) is 16.0. The van der Waals surface area contributed by atoms with Gasteiger partial charge in [-0.25, -0.2) is 4.79 Å². The van der Waals surface area contributed by atoms with Gasteiger partial charge < -0.3 is 21.5 Å². The fourth-order valence-corrected chi connectivity index (χ4v) is 4.02. The molecule has 1 amide bonds. The molecule has 0 fully saturated rings. The number of carboxylic acid groups (broad SMARTS) is 1. The Morgan fingerprint density at radius 2 is 1.87 bits per heavy atom. The second-order valence-corrected chi connectivity index (χ2v) is 7.81. The number of nitrogens with two attached hydrogens (primary N) is 1. The second kappa shape index (κ2) is 9.86. The molecular weight excluding hydrogens is 425 g/mol. The first-order chi connectivity index (χ1) is 14.4. The van der Waals surface area contributed by atoms with Crippen LogP contribution < -0.4 is 16.4 Å².